The largest absolute Gasteiger partial charge is 0.496 e. The summed E-state index contributed by atoms with van der Waals surface area (Å²) < 4.78 is 13.1. The van der Waals surface area contributed by atoms with Gasteiger partial charge in [0.05, 0.1) is 30.1 Å². The average molecular weight is 713 g/mol. The van der Waals surface area contributed by atoms with E-state index in [-0.39, 0.29) is 63.7 Å². The van der Waals surface area contributed by atoms with Gasteiger partial charge in [0.2, 0.25) is 0 Å². The molecule has 0 amide bonds. The second-order valence-electron chi connectivity index (χ2n) is 10.0. The summed E-state index contributed by atoms with van der Waals surface area (Å²) in [5, 5.41) is 4.23. The number of aromatic amines is 1. The number of rotatable bonds is 9. The van der Waals surface area contributed by atoms with Crippen molar-refractivity contribution in [2.24, 2.45) is 0 Å². The molecular formula is C32H25BrKN4O6S. The molecule has 13 heteroatoms. The van der Waals surface area contributed by atoms with Gasteiger partial charge in [0.1, 0.15) is 10.6 Å². The van der Waals surface area contributed by atoms with Crippen LogP contribution in [0.2, 0.25) is 0 Å². The van der Waals surface area contributed by atoms with E-state index < -0.39 is 23.5 Å². The minimum absolute atomic E-state index is 0. The Balaban J connectivity index is 0.00000400. The first-order valence-corrected chi connectivity index (χ1v) is 15.3. The van der Waals surface area contributed by atoms with Crippen LogP contribution < -0.4 is 21.7 Å². The second kappa shape index (κ2) is 14.1. The van der Waals surface area contributed by atoms with Crippen LogP contribution in [-0.4, -0.2) is 83.6 Å². The zero-order valence-electron chi connectivity index (χ0n) is 24.6. The predicted molar refractivity (Wildman–Crippen MR) is 178 cm³/mol. The summed E-state index contributed by atoms with van der Waals surface area (Å²) in [6.07, 6.45) is 0.705. The van der Waals surface area contributed by atoms with Crippen molar-refractivity contribution in [3.63, 3.8) is 0 Å². The van der Waals surface area contributed by atoms with E-state index in [9.17, 15) is 19.2 Å². The molecule has 3 aromatic heterocycles. The zero-order chi connectivity index (χ0) is 31.0. The minimum atomic E-state index is -0.637. The Morgan fingerprint density at radius 3 is 2.38 bits per heavy atom. The van der Waals surface area contributed by atoms with Gasteiger partial charge in [-0.15, -0.1) is 11.3 Å². The molecule has 0 aliphatic rings. The molecule has 0 saturated carbocycles. The molecule has 3 aromatic carbocycles. The van der Waals surface area contributed by atoms with Crippen LogP contribution in [-0.2, 0) is 19.5 Å². The van der Waals surface area contributed by atoms with Crippen molar-refractivity contribution in [1.29, 1.82) is 0 Å². The third kappa shape index (κ3) is 6.70. The second-order valence-corrected chi connectivity index (χ2v) is 12.0. The molecule has 10 nitrogen and oxygen atoms in total. The first kappa shape index (κ1) is 33.2. The van der Waals surface area contributed by atoms with Gasteiger partial charge in [-0.2, -0.15) is 0 Å². The van der Waals surface area contributed by atoms with Crippen molar-refractivity contribution in [1.82, 2.24) is 19.3 Å². The molecule has 223 valence electrons. The van der Waals surface area contributed by atoms with E-state index in [1.54, 1.807) is 28.8 Å². The van der Waals surface area contributed by atoms with Crippen molar-refractivity contribution >= 4 is 94.7 Å². The number of benzene rings is 3. The quantitative estimate of drug-likeness (QED) is 0.163. The standard InChI is InChI=1S/C32H25BrN4O6S.K/c1-3-21-15-24-29(39)36(17-26(38)20-12-13-27(42-2)25(33)14-20)32(41)37(30(24)44-21)16-18-8-10-19(11-9-18)22-6-4-5-7-23(22)28-34-31(40)43-35-28;/h4-15H,3,16-17H2,1-2H3,(H,34,35,40);. The van der Waals surface area contributed by atoms with Crippen LogP contribution in [0.5, 0.6) is 5.75 Å². The van der Waals surface area contributed by atoms with Gasteiger partial charge in [-0.05, 0) is 63.3 Å². The van der Waals surface area contributed by atoms with Gasteiger partial charge >= 0.3 is 11.4 Å². The molecule has 0 bridgehead atoms. The molecule has 0 saturated heterocycles. The van der Waals surface area contributed by atoms with Crippen molar-refractivity contribution in [2.45, 2.75) is 26.4 Å². The fourth-order valence-corrected chi connectivity index (χ4v) is 6.66. The van der Waals surface area contributed by atoms with E-state index in [2.05, 4.69) is 30.6 Å². The topological polar surface area (TPSA) is 129 Å². The van der Waals surface area contributed by atoms with E-state index >= 15 is 0 Å². The number of carbonyl (C=O) groups excluding carboxylic acids is 1. The Labute approximate surface area is 311 Å². The summed E-state index contributed by atoms with van der Waals surface area (Å²) in [7, 11) is 1.53. The van der Waals surface area contributed by atoms with Crippen LogP contribution in [0, 0.1) is 0 Å². The van der Waals surface area contributed by atoms with Crippen LogP contribution in [0.3, 0.4) is 0 Å². The number of H-pyrrole nitrogens is 1. The Hall–Kier alpha value is -3.17. The number of ketones is 1. The fourth-order valence-electron chi connectivity index (χ4n) is 5.04. The first-order chi connectivity index (χ1) is 21.3. The Bertz CT molecular complexity index is 2210. The predicted octanol–water partition coefficient (Wildman–Crippen LogP) is 5.12. The van der Waals surface area contributed by atoms with Gasteiger partial charge in [0.25, 0.3) is 5.56 Å². The summed E-state index contributed by atoms with van der Waals surface area (Å²) in [5.41, 5.74) is 2.54. The number of aromatic nitrogens is 4. The molecule has 6 rings (SSSR count). The van der Waals surface area contributed by atoms with E-state index in [1.165, 1.54) is 18.4 Å². The van der Waals surface area contributed by atoms with Crippen molar-refractivity contribution < 1.29 is 14.1 Å². The van der Waals surface area contributed by atoms with Gasteiger partial charge in [-0.3, -0.25) is 28.2 Å². The van der Waals surface area contributed by atoms with Gasteiger partial charge < -0.3 is 4.74 Å². The number of ether oxygens (including phenoxy) is 1. The molecule has 0 spiro atoms. The molecular weight excluding hydrogens is 687 g/mol. The maximum Gasteiger partial charge on any atom is 0.439 e. The normalized spacial score (nSPS) is 11.0. The zero-order valence-corrected chi connectivity index (χ0v) is 30.2. The number of methoxy groups -OCH3 is 1. The molecule has 0 unspecified atom stereocenters. The monoisotopic (exact) mass is 711 g/mol. The number of halogens is 1. The van der Waals surface area contributed by atoms with Crippen molar-refractivity contribution in [3.05, 3.63) is 125 Å². The number of carbonyl (C=O) groups is 1. The molecule has 0 aliphatic carbocycles. The number of aryl methyl sites for hydroxylation is 1. The molecule has 3 heterocycles. The molecule has 45 heavy (non-hydrogen) atoms. The van der Waals surface area contributed by atoms with Crippen molar-refractivity contribution in [2.75, 3.05) is 7.11 Å². The fraction of sp³-hybridized carbons (Fsp3) is 0.156. The Kier molecular flexibility index (Phi) is 10.4. The van der Waals surface area contributed by atoms with Crippen LogP contribution in [0.25, 0.3) is 32.7 Å². The van der Waals surface area contributed by atoms with Crippen molar-refractivity contribution in [3.8, 4) is 28.3 Å². The number of hydrogen-bond donors (Lipinski definition) is 1. The number of thiophene rings is 1. The number of nitrogens with zero attached hydrogens (tertiary/aromatic N) is 3. The maximum atomic E-state index is 13.8. The summed E-state index contributed by atoms with van der Waals surface area (Å²) in [6.45, 7) is 1.78. The van der Waals surface area contributed by atoms with E-state index in [4.69, 9.17) is 4.74 Å². The molecule has 6 aromatic rings. The van der Waals surface area contributed by atoms with Crippen LogP contribution in [0.15, 0.2) is 96.2 Å². The Morgan fingerprint density at radius 1 is 1.00 bits per heavy atom. The molecule has 1 radical (unpaired) electrons. The van der Waals surface area contributed by atoms with Crippen LogP contribution in [0.1, 0.15) is 27.7 Å². The third-order valence-corrected chi connectivity index (χ3v) is 9.22. The van der Waals surface area contributed by atoms with Crippen LogP contribution in [0.4, 0.5) is 0 Å². The molecule has 1 N–H and O–H groups in total. The van der Waals surface area contributed by atoms with E-state index in [0.717, 1.165) is 26.1 Å². The molecule has 0 fully saturated rings. The summed E-state index contributed by atoms with van der Waals surface area (Å²) >= 11 is 4.79. The van der Waals surface area contributed by atoms with E-state index in [0.29, 0.717) is 43.8 Å². The molecule has 0 atom stereocenters. The Morgan fingerprint density at radius 2 is 1.73 bits per heavy atom. The average Bonchev–Trinajstić information content (AvgIpc) is 3.68. The van der Waals surface area contributed by atoms with Gasteiger partial charge in [0.15, 0.2) is 11.6 Å². The smallest absolute Gasteiger partial charge is 0.439 e. The van der Waals surface area contributed by atoms with Gasteiger partial charge in [-0.25, -0.2) is 9.59 Å². The van der Waals surface area contributed by atoms with E-state index in [1.807, 2.05) is 55.5 Å². The number of fused-ring (bicyclic) bond motifs is 1. The number of Topliss-reactive ketones (excluding diaryl/α,β-unsaturated/α-hetero) is 1. The summed E-state index contributed by atoms with van der Waals surface area (Å²) in [6, 6.07) is 21.8. The molecule has 0 aliphatic heterocycles. The first-order valence-electron chi connectivity index (χ1n) is 13.6. The number of hydrogen-bond acceptors (Lipinski definition) is 8. The summed E-state index contributed by atoms with van der Waals surface area (Å²) in [4.78, 5) is 56.2. The maximum absolute atomic E-state index is 13.8. The third-order valence-electron chi connectivity index (χ3n) is 7.30. The van der Waals surface area contributed by atoms with Gasteiger partial charge in [0, 0.05) is 67.4 Å². The SMILES string of the molecule is CCc1cc2c(=O)n(CC(=O)c3ccc(OC)c(Br)c3)c(=O)n(Cc3ccc(-c4ccccc4-c4noc(=O)[nH]4)cc3)c2s1.[K]. The number of nitrogens with one attached hydrogen (secondary N) is 1. The van der Waals surface area contributed by atoms with Crippen LogP contribution >= 0.6 is 27.3 Å². The summed E-state index contributed by atoms with van der Waals surface area (Å²) in [5.74, 6) is -0.121. The van der Waals surface area contributed by atoms with Gasteiger partial charge in [-0.1, -0.05) is 60.6 Å². The minimum Gasteiger partial charge on any atom is -0.496 e.